The fraction of sp³-hybridized carbons (Fsp3) is 0.158. The number of nitrogens with two attached hydrogens (primary N) is 1. The van der Waals surface area contributed by atoms with E-state index in [0.717, 1.165) is 15.8 Å². The molecular formula is C19H19BrN6OS. The summed E-state index contributed by atoms with van der Waals surface area (Å²) in [5.74, 6) is 1.37. The van der Waals surface area contributed by atoms with Crippen LogP contribution < -0.4 is 16.4 Å². The van der Waals surface area contributed by atoms with Crippen molar-refractivity contribution in [1.29, 1.82) is 0 Å². The minimum Gasteiger partial charge on any atom is -0.368 e. The fourth-order valence-corrected chi connectivity index (χ4v) is 3.26. The normalized spacial score (nSPS) is 11.6. The Bertz CT molecular complexity index is 939. The van der Waals surface area contributed by atoms with Gasteiger partial charge in [-0.3, -0.25) is 4.79 Å². The molecule has 3 rings (SSSR count). The Balaban J connectivity index is 1.58. The minimum absolute atomic E-state index is 0.0861. The van der Waals surface area contributed by atoms with Gasteiger partial charge >= 0.3 is 0 Å². The predicted octanol–water partition coefficient (Wildman–Crippen LogP) is 4.22. The van der Waals surface area contributed by atoms with Gasteiger partial charge in [-0.2, -0.15) is 15.0 Å². The van der Waals surface area contributed by atoms with Gasteiger partial charge in [-0.25, -0.2) is 0 Å². The molecule has 0 radical (unpaired) electrons. The van der Waals surface area contributed by atoms with E-state index in [0.29, 0.717) is 17.5 Å². The SMILES string of the molecule is C[C@H](SCc1nc(N)nc(Nc2ccccc2)n1)C(=O)Nc1ccc(Br)cc1. The second-order valence-electron chi connectivity index (χ2n) is 5.87. The van der Waals surface area contributed by atoms with Crippen LogP contribution in [0.3, 0.4) is 0 Å². The van der Waals surface area contributed by atoms with E-state index in [1.54, 1.807) is 0 Å². The minimum atomic E-state index is -0.285. The van der Waals surface area contributed by atoms with Crippen molar-refractivity contribution in [1.82, 2.24) is 15.0 Å². The lowest BCUT2D eigenvalue weighted by molar-refractivity contribution is -0.115. The number of aromatic nitrogens is 3. The van der Waals surface area contributed by atoms with Crippen molar-refractivity contribution in [3.05, 3.63) is 64.9 Å². The van der Waals surface area contributed by atoms with Gasteiger partial charge < -0.3 is 16.4 Å². The molecule has 0 bridgehead atoms. The summed E-state index contributed by atoms with van der Waals surface area (Å²) in [6.07, 6.45) is 0. The third-order valence-electron chi connectivity index (χ3n) is 3.67. The zero-order valence-corrected chi connectivity index (χ0v) is 17.5. The van der Waals surface area contributed by atoms with Crippen LogP contribution in [0, 0.1) is 0 Å². The predicted molar refractivity (Wildman–Crippen MR) is 117 cm³/mol. The van der Waals surface area contributed by atoms with Crippen LogP contribution in [0.25, 0.3) is 0 Å². The monoisotopic (exact) mass is 458 g/mol. The molecule has 0 fully saturated rings. The number of nitrogens with one attached hydrogen (secondary N) is 2. The van der Waals surface area contributed by atoms with Crippen molar-refractivity contribution in [3.8, 4) is 0 Å². The number of anilines is 4. The highest BCUT2D eigenvalue weighted by Gasteiger charge is 2.15. The number of rotatable bonds is 7. The highest BCUT2D eigenvalue weighted by Crippen LogP contribution is 2.20. The van der Waals surface area contributed by atoms with Gasteiger partial charge in [0.2, 0.25) is 17.8 Å². The number of thioether (sulfide) groups is 1. The number of halogens is 1. The summed E-state index contributed by atoms with van der Waals surface area (Å²) in [6, 6.07) is 17.0. The molecule has 0 aliphatic heterocycles. The summed E-state index contributed by atoms with van der Waals surface area (Å²) >= 11 is 4.80. The molecule has 0 aliphatic carbocycles. The average Bonchev–Trinajstić information content (AvgIpc) is 2.68. The van der Waals surface area contributed by atoms with Crippen molar-refractivity contribution in [3.63, 3.8) is 0 Å². The number of hydrogen-bond donors (Lipinski definition) is 3. The summed E-state index contributed by atoms with van der Waals surface area (Å²) in [6.45, 7) is 1.84. The van der Waals surface area contributed by atoms with Crippen LogP contribution in [0.5, 0.6) is 0 Å². The molecule has 28 heavy (non-hydrogen) atoms. The summed E-state index contributed by atoms with van der Waals surface area (Å²) < 4.78 is 0.959. The maximum Gasteiger partial charge on any atom is 0.237 e. The molecule has 1 aromatic heterocycles. The average molecular weight is 459 g/mol. The highest BCUT2D eigenvalue weighted by molar-refractivity contribution is 9.10. The van der Waals surface area contributed by atoms with Gasteiger partial charge in [0.15, 0.2) is 0 Å². The third-order valence-corrected chi connectivity index (χ3v) is 5.34. The molecule has 3 aromatic rings. The molecular weight excluding hydrogens is 440 g/mol. The number of nitrogen functional groups attached to an aromatic ring is 1. The van der Waals surface area contributed by atoms with Gasteiger partial charge in [0.25, 0.3) is 0 Å². The zero-order valence-electron chi connectivity index (χ0n) is 15.1. The van der Waals surface area contributed by atoms with Crippen LogP contribution in [0.1, 0.15) is 12.7 Å². The van der Waals surface area contributed by atoms with Crippen LogP contribution in [0.2, 0.25) is 0 Å². The zero-order chi connectivity index (χ0) is 19.9. The van der Waals surface area contributed by atoms with Gasteiger partial charge in [-0.05, 0) is 43.3 Å². The smallest absolute Gasteiger partial charge is 0.237 e. The van der Waals surface area contributed by atoms with Crippen LogP contribution in [-0.2, 0) is 10.5 Å². The van der Waals surface area contributed by atoms with Gasteiger partial charge in [0.1, 0.15) is 5.82 Å². The molecule has 0 aliphatic rings. The van der Waals surface area contributed by atoms with Gasteiger partial charge in [0, 0.05) is 15.8 Å². The van der Waals surface area contributed by atoms with Gasteiger partial charge in [-0.15, -0.1) is 11.8 Å². The van der Waals surface area contributed by atoms with Crippen LogP contribution in [0.4, 0.5) is 23.3 Å². The van der Waals surface area contributed by atoms with E-state index < -0.39 is 0 Å². The first kappa shape index (κ1) is 20.1. The summed E-state index contributed by atoms with van der Waals surface area (Å²) in [5, 5.41) is 5.70. The quantitative estimate of drug-likeness (QED) is 0.486. The van der Waals surface area contributed by atoms with Crippen molar-refractivity contribution < 1.29 is 4.79 Å². The molecule has 1 amide bonds. The van der Waals surface area contributed by atoms with Gasteiger partial charge in [-0.1, -0.05) is 34.1 Å². The van der Waals surface area contributed by atoms with Crippen molar-refractivity contribution in [2.45, 2.75) is 17.9 Å². The molecule has 144 valence electrons. The lowest BCUT2D eigenvalue weighted by Gasteiger charge is -2.12. The maximum atomic E-state index is 12.4. The highest BCUT2D eigenvalue weighted by atomic mass is 79.9. The van der Waals surface area contributed by atoms with E-state index in [1.807, 2.05) is 61.5 Å². The van der Waals surface area contributed by atoms with Crippen molar-refractivity contribution in [2.24, 2.45) is 0 Å². The lowest BCUT2D eigenvalue weighted by atomic mass is 10.3. The lowest BCUT2D eigenvalue weighted by Crippen LogP contribution is -2.22. The largest absolute Gasteiger partial charge is 0.368 e. The fourth-order valence-electron chi connectivity index (χ4n) is 2.26. The summed E-state index contributed by atoms with van der Waals surface area (Å²) in [7, 11) is 0. The van der Waals surface area contributed by atoms with E-state index in [2.05, 4.69) is 41.5 Å². The Hall–Kier alpha value is -2.65. The first-order valence-electron chi connectivity index (χ1n) is 8.50. The Kier molecular flexibility index (Phi) is 6.83. The molecule has 0 saturated heterocycles. The van der Waals surface area contributed by atoms with E-state index in [1.165, 1.54) is 11.8 Å². The van der Waals surface area contributed by atoms with E-state index >= 15 is 0 Å². The van der Waals surface area contributed by atoms with Crippen molar-refractivity contribution >= 4 is 56.9 Å². The number of amides is 1. The summed E-state index contributed by atoms with van der Waals surface area (Å²) in [5.41, 5.74) is 7.40. The van der Waals surface area contributed by atoms with E-state index in [4.69, 9.17) is 5.73 Å². The second kappa shape index (κ2) is 9.52. The van der Waals surface area contributed by atoms with Crippen LogP contribution in [-0.4, -0.2) is 26.1 Å². The molecule has 4 N–H and O–H groups in total. The van der Waals surface area contributed by atoms with E-state index in [9.17, 15) is 4.79 Å². The molecule has 0 spiro atoms. The number of carbonyl (C=O) groups is 1. The molecule has 1 atom stereocenters. The number of para-hydroxylation sites is 1. The van der Waals surface area contributed by atoms with Crippen molar-refractivity contribution in [2.75, 3.05) is 16.4 Å². The topological polar surface area (TPSA) is 106 Å². The molecule has 2 aromatic carbocycles. The standard InChI is InChI=1S/C19H19BrN6OS/c1-12(17(27)22-15-9-7-13(20)8-10-15)28-11-16-24-18(21)26-19(25-16)23-14-5-3-2-4-6-14/h2-10,12H,11H2,1H3,(H,22,27)(H3,21,23,24,25,26)/t12-/m0/s1. The summed E-state index contributed by atoms with van der Waals surface area (Å²) in [4.78, 5) is 25.0. The maximum absolute atomic E-state index is 12.4. The number of benzene rings is 2. The first-order valence-corrected chi connectivity index (χ1v) is 10.3. The first-order chi connectivity index (χ1) is 13.5. The number of nitrogens with zero attached hydrogens (tertiary/aromatic N) is 3. The Labute approximate surface area is 175 Å². The Morgan fingerprint density at radius 3 is 2.50 bits per heavy atom. The van der Waals surface area contributed by atoms with Crippen LogP contribution >= 0.6 is 27.7 Å². The molecule has 0 saturated carbocycles. The molecule has 1 heterocycles. The molecule has 0 unspecified atom stereocenters. The Morgan fingerprint density at radius 1 is 1.07 bits per heavy atom. The number of carbonyl (C=O) groups excluding carboxylic acids is 1. The number of hydrogen-bond acceptors (Lipinski definition) is 7. The molecule has 9 heteroatoms. The van der Waals surface area contributed by atoms with Crippen LogP contribution in [0.15, 0.2) is 59.1 Å². The van der Waals surface area contributed by atoms with E-state index in [-0.39, 0.29) is 17.1 Å². The Morgan fingerprint density at radius 2 is 1.79 bits per heavy atom. The van der Waals surface area contributed by atoms with Gasteiger partial charge in [0.05, 0.1) is 11.0 Å². The molecule has 7 nitrogen and oxygen atoms in total. The third kappa shape index (κ3) is 5.93. The second-order valence-corrected chi connectivity index (χ2v) is 8.12.